The topological polar surface area (TPSA) is 583 Å². The Bertz CT molecular complexity index is 6730. The van der Waals surface area contributed by atoms with Crippen LogP contribution in [-0.4, -0.2) is 266 Å². The van der Waals surface area contributed by atoms with E-state index in [2.05, 4.69) is 55.7 Å². The average molecular weight is 1980 g/mol. The number of primary amides is 1. The largest absolute Gasteiger partial charge is 0.462 e. The van der Waals surface area contributed by atoms with Crippen molar-refractivity contribution in [2.24, 2.45) is 5.73 Å². The van der Waals surface area contributed by atoms with Crippen LogP contribution in [0, 0.1) is 34.6 Å². The second-order valence-electron chi connectivity index (χ2n) is 34.9. The zero-order valence-corrected chi connectivity index (χ0v) is 83.6. The Morgan fingerprint density at radius 3 is 1.07 bits per heavy atom. The van der Waals surface area contributed by atoms with Crippen LogP contribution in [0.4, 0.5) is 0 Å². The van der Waals surface area contributed by atoms with Gasteiger partial charge < -0.3 is 85.2 Å². The fraction of sp³-hybridized carbons (Fsp3) is 0.495. The van der Waals surface area contributed by atoms with Crippen molar-refractivity contribution in [3.63, 3.8) is 0 Å². The second-order valence-corrected chi connectivity index (χ2v) is 34.9. The summed E-state index contributed by atoms with van der Waals surface area (Å²) in [5.41, 5.74) is 8.18. The summed E-state index contributed by atoms with van der Waals surface area (Å²) in [6, 6.07) is 15.7. The molecule has 0 saturated carbocycles. The number of carbonyl (C=O) groups is 13. The quantitative estimate of drug-likeness (QED) is 0.0183. The maximum atomic E-state index is 13.9. The molecule has 9 atom stereocenters. The molecule has 3 aromatic carbocycles. The van der Waals surface area contributed by atoms with Crippen LogP contribution >= 0.6 is 0 Å². The van der Waals surface area contributed by atoms with Gasteiger partial charge in [-0.3, -0.25) is 90.8 Å². The number of amides is 1. The minimum Gasteiger partial charge on any atom is -0.462 e. The highest BCUT2D eigenvalue weighted by molar-refractivity contribution is 5.89. The normalized spacial score (nSPS) is 13.3. The Labute approximate surface area is 812 Å². The number of pyridine rings is 1. The van der Waals surface area contributed by atoms with Gasteiger partial charge in [-0.15, -0.1) is 0 Å². The van der Waals surface area contributed by atoms with Gasteiger partial charge in [0.1, 0.15) is 26.4 Å². The van der Waals surface area contributed by atoms with Crippen molar-refractivity contribution in [2.45, 2.75) is 246 Å². The predicted molar refractivity (Wildman–Crippen MR) is 502 cm³/mol. The number of ether oxygens (including phenoxy) is 12. The van der Waals surface area contributed by atoms with Crippen molar-refractivity contribution < 1.29 is 133 Å². The minimum absolute atomic E-state index is 0.0713. The monoisotopic (exact) mass is 1980 g/mol. The van der Waals surface area contributed by atoms with Gasteiger partial charge in [-0.2, -0.15) is 19.5 Å². The number of H-pyrrole nitrogens is 1. The lowest BCUT2D eigenvalue weighted by molar-refractivity contribution is -0.936. The van der Waals surface area contributed by atoms with Crippen LogP contribution in [0.2, 0.25) is 0 Å². The third-order valence-electron chi connectivity index (χ3n) is 22.9. The molecule has 7 heterocycles. The number of nitrogens with zero attached hydrogens (tertiary/aromatic N) is 14. The molecule has 6 aliphatic rings. The number of aromatic amines is 1. The number of esters is 12. The van der Waals surface area contributed by atoms with Crippen LogP contribution in [0.3, 0.4) is 0 Å². The van der Waals surface area contributed by atoms with Crippen LogP contribution in [0.5, 0.6) is 0 Å². The van der Waals surface area contributed by atoms with Gasteiger partial charge in [-0.25, -0.2) is 29.3 Å². The van der Waals surface area contributed by atoms with E-state index in [0.717, 1.165) is 150 Å². The van der Waals surface area contributed by atoms with Crippen molar-refractivity contribution >= 4 is 111 Å². The van der Waals surface area contributed by atoms with Gasteiger partial charge in [0, 0.05) is 114 Å². The molecular weight excluding hydrogens is 1860 g/mol. The van der Waals surface area contributed by atoms with E-state index in [9.17, 15) is 91.1 Å². The maximum absolute atomic E-state index is 13.9. The number of carbonyl (C=O) groups excluding carboxylic acids is 13. The Balaban J connectivity index is 0.000000261. The predicted octanol–water partition coefficient (Wildman–Crippen LogP) is 2.88. The number of quaternary nitrogens is 2. The number of likely N-dealkylation sites (N-methyl/N-ethyl adjacent to an activating group) is 1. The van der Waals surface area contributed by atoms with Gasteiger partial charge in [-0.1, -0.05) is 0 Å². The molecule has 142 heavy (non-hydrogen) atoms. The van der Waals surface area contributed by atoms with E-state index in [0.29, 0.717) is 50.7 Å². The summed E-state index contributed by atoms with van der Waals surface area (Å²) in [5, 5.41) is 0. The van der Waals surface area contributed by atoms with Crippen molar-refractivity contribution in [1.82, 2.24) is 57.7 Å². The molecule has 0 aliphatic carbocycles. The van der Waals surface area contributed by atoms with Crippen molar-refractivity contribution in [2.75, 3.05) is 67.1 Å². The molecule has 0 bridgehead atoms. The number of aromatic nitrogens is 13. The number of aryl methyl sites for hydroxylation is 6. The molecule has 3 N–H and O–H groups in total. The average Bonchev–Trinajstić information content (AvgIpc) is 0.751. The van der Waals surface area contributed by atoms with E-state index in [-0.39, 0.29) is 85.9 Å². The van der Waals surface area contributed by atoms with E-state index in [4.69, 9.17) is 62.6 Å². The second kappa shape index (κ2) is 49.0. The third kappa shape index (κ3) is 29.9. The molecule has 1 amide bonds. The summed E-state index contributed by atoms with van der Waals surface area (Å²) in [5.74, 6) is -10.3. The van der Waals surface area contributed by atoms with Gasteiger partial charge in [0.05, 0.1) is 107 Å². The summed E-state index contributed by atoms with van der Waals surface area (Å²) in [7, 11) is 5.77. The number of hydrogen-bond acceptors (Lipinski definition) is 37. The fourth-order valence-corrected chi connectivity index (χ4v) is 15.8. The molecule has 4 aromatic rings. The van der Waals surface area contributed by atoms with Gasteiger partial charge in [0.2, 0.25) is 0 Å². The molecule has 9 unspecified atom stereocenters. The summed E-state index contributed by atoms with van der Waals surface area (Å²) in [4.78, 5) is 265. The Hall–Kier alpha value is -15.3. The molecule has 1 aromatic heterocycles. The highest BCUT2D eigenvalue weighted by Crippen LogP contribution is 2.33. The van der Waals surface area contributed by atoms with Crippen LogP contribution in [-0.2, 0) is 160 Å². The highest BCUT2D eigenvalue weighted by Gasteiger charge is 2.44. The Kier molecular flexibility index (Phi) is 38.6. The third-order valence-corrected chi connectivity index (χ3v) is 22.9. The summed E-state index contributed by atoms with van der Waals surface area (Å²) in [6.07, 6.45) is -11.0. The SMILES string of the molecule is CC(=O)OCC(OC(C)=O)C(OC(C)=O)C(Cn1c2nc(=O)n(CCC[n+]3ccccc3C(N)=O)c(=O)c-2nc2cc(C)c(C)cc21)OC(C)=O.CC(=O)OCC(OC(C)=O)C(OC(C)=O)C(Cn1c2nc(=O)n(CC[N+](C)(C)C)c(=O)c-2nc2cc(C)c(C)cc21)OC(C)=O.CC[N+](CC)(CC)Cc1cc2c(cc1C)nc1c(=O)[nH]c(=O)nc-1n2CC(OC(C)=O)C(OC(C)=O)C(COC(C)=O)OC(C)=O. The molecule has 0 spiro atoms. The number of fused-ring (bicyclic) bond motifs is 6. The number of nitrogens with two attached hydrogens (primary N) is 1. The smallest absolute Gasteiger partial charge is 0.352 e. The molecule has 47 nitrogen and oxygen atoms in total. The van der Waals surface area contributed by atoms with E-state index in [1.807, 2.05) is 67.9 Å². The lowest BCUT2D eigenvalue weighted by Gasteiger charge is -2.36. The van der Waals surface area contributed by atoms with Crippen LogP contribution in [0.25, 0.3) is 67.7 Å². The lowest BCUT2D eigenvalue weighted by Crippen LogP contribution is -2.49. The molecule has 6 aliphatic heterocycles. The van der Waals surface area contributed by atoms with Crippen LogP contribution in [0.15, 0.2) is 89.6 Å². The van der Waals surface area contributed by atoms with Crippen molar-refractivity contribution in [1.29, 1.82) is 0 Å². The van der Waals surface area contributed by atoms with Crippen LogP contribution in [0.1, 0.15) is 154 Å². The zero-order chi connectivity index (χ0) is 106. The van der Waals surface area contributed by atoms with E-state index in [1.165, 1.54) is 13.7 Å². The molecule has 0 radical (unpaired) electrons. The Morgan fingerprint density at radius 2 is 0.725 bits per heavy atom. The lowest BCUT2D eigenvalue weighted by atomic mass is 10.0. The van der Waals surface area contributed by atoms with Gasteiger partial charge in [-0.05, 0) is 126 Å². The molecule has 10 rings (SSSR count). The van der Waals surface area contributed by atoms with Gasteiger partial charge in [0.15, 0.2) is 102 Å². The number of nitrogens with one attached hydrogen (secondary N) is 1. The van der Waals surface area contributed by atoms with Crippen molar-refractivity contribution in [3.05, 3.63) is 162 Å². The number of hydrogen-bond donors (Lipinski definition) is 2. The first-order valence-corrected chi connectivity index (χ1v) is 45.3. The number of benzene rings is 3. The zero-order valence-electron chi connectivity index (χ0n) is 83.6. The fourth-order valence-electron chi connectivity index (χ4n) is 15.8. The van der Waals surface area contributed by atoms with E-state index in [1.54, 1.807) is 53.2 Å². The molecule has 47 heteroatoms. The summed E-state index contributed by atoms with van der Waals surface area (Å²) >= 11 is 0. The van der Waals surface area contributed by atoms with Crippen molar-refractivity contribution in [3.8, 4) is 34.6 Å². The molecule has 764 valence electrons. The minimum atomic E-state index is -1.53. The Morgan fingerprint density at radius 1 is 0.394 bits per heavy atom. The number of rotatable bonds is 40. The van der Waals surface area contributed by atoms with Gasteiger partial charge >= 0.3 is 94.6 Å². The molecule has 0 fully saturated rings. The van der Waals surface area contributed by atoms with Crippen LogP contribution < -0.4 is 44.0 Å². The molecular formula is C95H121N16O31+3. The highest BCUT2D eigenvalue weighted by atomic mass is 16.7. The first kappa shape index (κ1) is 112. The standard InChI is InChI=1S/C34H38N6O11.C31H41N5O10.C30H40N5O10/c1-18-14-24-26(15-19(18)2)40(16-27(49-21(4)42)30(51-23(6)44)28(50-22(5)43)17-48-20(3)41)32-29(36-24)33(46)39(34(47)37-32)13-9-12-38-11-8-7-10-25(38)31(35)45;1-9-36(10-2,11-3)15-22-13-24-23(12-17(22)4)32-27-29(33-31(42)34-30(27)41)35(24)14-25(44-19(6)38)28(46-21(8)40)26(45-20(7)39)16-43-18(5)37;1-16-12-22-23(13-17(16)2)34(28-26(31-22)29(40)33(30(41)32-28)10-11-35(7,8)9)14-24(43-19(4)37)27(45-21(6)39)25(44-20(5)38)15-42-18(3)36/h7-8,10-11,14-15,27-28,30H,9,12-13,16-17H2,1-6H3,(H-,35,45);12-13,25-26,28H,9-11,14-16H2,1-8H3;12-13,24-25,27H,10-11,14-15H2,1-9H3/q;;+1/p+2. The summed E-state index contributed by atoms with van der Waals surface area (Å²) < 4.78 is 74.1. The first-order chi connectivity index (χ1) is 66.6. The van der Waals surface area contributed by atoms with E-state index >= 15 is 0 Å². The summed E-state index contributed by atoms with van der Waals surface area (Å²) in [6.45, 7) is 30.6. The molecule has 0 saturated heterocycles. The van der Waals surface area contributed by atoms with Gasteiger partial charge in [0.25, 0.3) is 22.4 Å². The van der Waals surface area contributed by atoms with E-state index < -0.39 is 186 Å². The maximum Gasteiger partial charge on any atom is 0.352 e. The first-order valence-electron chi connectivity index (χ1n) is 45.3.